The van der Waals surface area contributed by atoms with Crippen LogP contribution in [0.15, 0.2) is 30.3 Å². The SMILES string of the molecule is COc1ccc(Nc2c(Cl)cc(N)cc2C(=O)O)cc1F. The number of hydrogen-bond donors (Lipinski definition) is 3. The lowest BCUT2D eigenvalue weighted by Gasteiger charge is -2.13. The van der Waals surface area contributed by atoms with Crippen LogP contribution in [0.2, 0.25) is 5.02 Å². The van der Waals surface area contributed by atoms with Crippen LogP contribution in [0, 0.1) is 5.82 Å². The molecule has 21 heavy (non-hydrogen) atoms. The monoisotopic (exact) mass is 310 g/mol. The Morgan fingerprint density at radius 2 is 2.10 bits per heavy atom. The molecule has 0 spiro atoms. The van der Waals surface area contributed by atoms with E-state index in [1.54, 1.807) is 6.07 Å². The normalized spacial score (nSPS) is 10.2. The van der Waals surface area contributed by atoms with E-state index in [1.165, 1.54) is 31.4 Å². The van der Waals surface area contributed by atoms with E-state index in [0.29, 0.717) is 5.69 Å². The number of anilines is 3. The molecule has 0 atom stereocenters. The summed E-state index contributed by atoms with van der Waals surface area (Å²) in [6.45, 7) is 0. The van der Waals surface area contributed by atoms with E-state index in [9.17, 15) is 14.3 Å². The summed E-state index contributed by atoms with van der Waals surface area (Å²) < 4.78 is 18.5. The van der Waals surface area contributed by atoms with Crippen molar-refractivity contribution in [3.05, 3.63) is 46.7 Å². The molecule has 0 aromatic heterocycles. The van der Waals surface area contributed by atoms with Crippen molar-refractivity contribution in [3.63, 3.8) is 0 Å². The maximum atomic E-state index is 13.6. The second-order valence-electron chi connectivity index (χ2n) is 4.20. The number of ether oxygens (including phenoxy) is 1. The summed E-state index contributed by atoms with van der Waals surface area (Å²) in [4.78, 5) is 11.2. The summed E-state index contributed by atoms with van der Waals surface area (Å²) in [6.07, 6.45) is 0. The number of nitrogens with two attached hydrogens (primary N) is 1. The highest BCUT2D eigenvalue weighted by Crippen LogP contribution is 2.33. The summed E-state index contributed by atoms with van der Waals surface area (Å²) in [5.74, 6) is -1.69. The lowest BCUT2D eigenvalue weighted by Crippen LogP contribution is -2.05. The minimum Gasteiger partial charge on any atom is -0.494 e. The number of methoxy groups -OCH3 is 1. The van der Waals surface area contributed by atoms with E-state index >= 15 is 0 Å². The Balaban J connectivity index is 2.44. The van der Waals surface area contributed by atoms with Crippen molar-refractivity contribution in [2.45, 2.75) is 0 Å². The molecule has 0 aliphatic rings. The molecule has 0 fully saturated rings. The lowest BCUT2D eigenvalue weighted by atomic mass is 10.1. The van der Waals surface area contributed by atoms with Gasteiger partial charge in [0.05, 0.1) is 23.4 Å². The zero-order valence-corrected chi connectivity index (χ0v) is 11.7. The molecule has 7 heteroatoms. The number of benzene rings is 2. The van der Waals surface area contributed by atoms with Gasteiger partial charge in [0.15, 0.2) is 11.6 Å². The van der Waals surface area contributed by atoms with Crippen LogP contribution in [0.5, 0.6) is 5.75 Å². The van der Waals surface area contributed by atoms with E-state index in [2.05, 4.69) is 5.32 Å². The number of rotatable bonds is 4. The Hall–Kier alpha value is -2.47. The lowest BCUT2D eigenvalue weighted by molar-refractivity contribution is 0.0698. The molecule has 2 rings (SSSR count). The van der Waals surface area contributed by atoms with Crippen LogP contribution in [-0.4, -0.2) is 18.2 Å². The fraction of sp³-hybridized carbons (Fsp3) is 0.0714. The van der Waals surface area contributed by atoms with Gasteiger partial charge < -0.3 is 20.9 Å². The third kappa shape index (κ3) is 3.17. The van der Waals surface area contributed by atoms with Crippen molar-refractivity contribution in [2.75, 3.05) is 18.2 Å². The number of nitrogens with one attached hydrogen (secondary N) is 1. The fourth-order valence-electron chi connectivity index (χ4n) is 1.81. The number of carboxylic acid groups (broad SMARTS) is 1. The summed E-state index contributed by atoms with van der Waals surface area (Å²) >= 11 is 6.00. The van der Waals surface area contributed by atoms with Gasteiger partial charge in [-0.3, -0.25) is 0 Å². The van der Waals surface area contributed by atoms with Crippen molar-refractivity contribution in [3.8, 4) is 5.75 Å². The first-order valence-corrected chi connectivity index (χ1v) is 6.23. The van der Waals surface area contributed by atoms with Crippen LogP contribution in [0.1, 0.15) is 10.4 Å². The molecule has 0 saturated carbocycles. The highest BCUT2D eigenvalue weighted by atomic mass is 35.5. The van der Waals surface area contributed by atoms with Gasteiger partial charge in [-0.1, -0.05) is 11.6 Å². The molecule has 0 heterocycles. The van der Waals surface area contributed by atoms with E-state index in [4.69, 9.17) is 22.1 Å². The van der Waals surface area contributed by atoms with Gasteiger partial charge in [-0.2, -0.15) is 0 Å². The van der Waals surface area contributed by atoms with Crippen LogP contribution >= 0.6 is 11.6 Å². The molecule has 5 nitrogen and oxygen atoms in total. The van der Waals surface area contributed by atoms with Gasteiger partial charge in [0.25, 0.3) is 0 Å². The topological polar surface area (TPSA) is 84.6 Å². The predicted molar refractivity (Wildman–Crippen MR) is 79.1 cm³/mol. The zero-order valence-electron chi connectivity index (χ0n) is 11.0. The Kier molecular flexibility index (Phi) is 4.18. The van der Waals surface area contributed by atoms with E-state index in [0.717, 1.165) is 0 Å². The maximum absolute atomic E-state index is 13.6. The molecule has 2 aromatic rings. The quantitative estimate of drug-likeness (QED) is 0.752. The molecule has 2 aromatic carbocycles. The van der Waals surface area contributed by atoms with Crippen molar-refractivity contribution < 1.29 is 19.0 Å². The minimum atomic E-state index is -1.19. The number of halogens is 2. The number of nitrogen functional groups attached to an aromatic ring is 1. The summed E-state index contributed by atoms with van der Waals surface area (Å²) in [5.41, 5.74) is 6.17. The average Bonchev–Trinajstić information content (AvgIpc) is 2.41. The molecular weight excluding hydrogens is 299 g/mol. The smallest absolute Gasteiger partial charge is 0.337 e. The molecule has 0 saturated heterocycles. The van der Waals surface area contributed by atoms with Crippen molar-refractivity contribution >= 4 is 34.6 Å². The molecule has 0 aliphatic heterocycles. The van der Waals surface area contributed by atoms with Gasteiger partial charge in [-0.05, 0) is 24.3 Å². The first-order chi connectivity index (χ1) is 9.92. The largest absolute Gasteiger partial charge is 0.494 e. The van der Waals surface area contributed by atoms with E-state index in [1.807, 2.05) is 0 Å². The van der Waals surface area contributed by atoms with Crippen LogP contribution in [-0.2, 0) is 0 Å². The van der Waals surface area contributed by atoms with Crippen molar-refractivity contribution in [1.82, 2.24) is 0 Å². The molecule has 0 bridgehead atoms. The number of carboxylic acids is 1. The molecule has 110 valence electrons. The molecule has 0 aliphatic carbocycles. The number of aromatic carboxylic acids is 1. The third-order valence-electron chi connectivity index (χ3n) is 2.76. The summed E-state index contributed by atoms with van der Waals surface area (Å²) in [6, 6.07) is 6.83. The molecule has 4 N–H and O–H groups in total. The average molecular weight is 311 g/mol. The van der Waals surface area contributed by atoms with Gasteiger partial charge >= 0.3 is 5.97 Å². The highest BCUT2D eigenvalue weighted by molar-refractivity contribution is 6.34. The number of carbonyl (C=O) groups is 1. The van der Waals surface area contributed by atoms with E-state index < -0.39 is 11.8 Å². The zero-order chi connectivity index (χ0) is 15.6. The standard InChI is InChI=1S/C14H12ClFN2O3/c1-21-12-3-2-8(6-11(12)16)18-13-9(14(19)20)4-7(17)5-10(13)15/h2-6,18H,17H2,1H3,(H,19,20). The first-order valence-electron chi connectivity index (χ1n) is 5.85. The third-order valence-corrected chi connectivity index (χ3v) is 3.06. The minimum absolute atomic E-state index is 0.0856. The Labute approximate surface area is 125 Å². The predicted octanol–water partition coefficient (Wildman–Crippen LogP) is 3.51. The van der Waals surface area contributed by atoms with Gasteiger partial charge in [0.2, 0.25) is 0 Å². The second kappa shape index (κ2) is 5.88. The van der Waals surface area contributed by atoms with Crippen LogP contribution in [0.4, 0.5) is 21.5 Å². The van der Waals surface area contributed by atoms with Crippen molar-refractivity contribution in [1.29, 1.82) is 0 Å². The van der Waals surface area contributed by atoms with Gasteiger partial charge in [0, 0.05) is 17.4 Å². The van der Waals surface area contributed by atoms with Gasteiger partial charge in [-0.25, -0.2) is 9.18 Å². The summed E-state index contributed by atoms with van der Waals surface area (Å²) in [5, 5.41) is 12.1. The molecular formula is C14H12ClFN2O3. The highest BCUT2D eigenvalue weighted by Gasteiger charge is 2.15. The molecule has 0 radical (unpaired) electrons. The second-order valence-corrected chi connectivity index (χ2v) is 4.61. The van der Waals surface area contributed by atoms with Crippen LogP contribution < -0.4 is 15.8 Å². The van der Waals surface area contributed by atoms with Crippen LogP contribution in [0.25, 0.3) is 0 Å². The van der Waals surface area contributed by atoms with Gasteiger partial charge in [-0.15, -0.1) is 0 Å². The first kappa shape index (κ1) is 14.9. The summed E-state index contributed by atoms with van der Waals surface area (Å²) in [7, 11) is 1.35. The fourth-order valence-corrected chi connectivity index (χ4v) is 2.09. The Morgan fingerprint density at radius 3 is 2.67 bits per heavy atom. The Bertz CT molecular complexity index is 707. The van der Waals surface area contributed by atoms with Crippen molar-refractivity contribution in [2.24, 2.45) is 0 Å². The Morgan fingerprint density at radius 1 is 1.38 bits per heavy atom. The van der Waals surface area contributed by atoms with Crippen LogP contribution in [0.3, 0.4) is 0 Å². The molecule has 0 unspecified atom stereocenters. The van der Waals surface area contributed by atoms with Gasteiger partial charge in [0.1, 0.15) is 0 Å². The van der Waals surface area contributed by atoms with E-state index in [-0.39, 0.29) is 27.7 Å². The number of hydrogen-bond acceptors (Lipinski definition) is 4. The maximum Gasteiger partial charge on any atom is 0.337 e. The molecule has 0 amide bonds.